The second-order valence-corrected chi connectivity index (χ2v) is 6.70. The third-order valence-corrected chi connectivity index (χ3v) is 5.45. The lowest BCUT2D eigenvalue weighted by atomic mass is 10.2. The number of benzene rings is 1. The maximum Gasteiger partial charge on any atom is 0.243 e. The van der Waals surface area contributed by atoms with Gasteiger partial charge in [-0.15, -0.1) is 0 Å². The molecule has 1 fully saturated rings. The Bertz CT molecular complexity index is 528. The molecule has 1 atom stereocenters. The molecule has 0 radical (unpaired) electrons. The minimum absolute atomic E-state index is 0.0674. The Balaban J connectivity index is 2.24. The van der Waals surface area contributed by atoms with Crippen LogP contribution in [0.2, 0.25) is 0 Å². The molecule has 0 aromatic heterocycles. The highest BCUT2D eigenvalue weighted by Crippen LogP contribution is 2.23. The Labute approximate surface area is 121 Å². The Morgan fingerprint density at radius 2 is 2.00 bits per heavy atom. The highest BCUT2D eigenvalue weighted by Gasteiger charge is 2.32. The first-order valence-corrected chi connectivity index (χ1v) is 8.47. The van der Waals surface area contributed by atoms with Crippen LogP contribution in [0.25, 0.3) is 0 Å². The molecule has 1 unspecified atom stereocenters. The predicted molar refractivity (Wildman–Crippen MR) is 79.4 cm³/mol. The molecule has 2 rings (SSSR count). The molecular formula is C14H22N2O3S. The van der Waals surface area contributed by atoms with Crippen molar-refractivity contribution >= 4 is 15.7 Å². The van der Waals surface area contributed by atoms with Crippen molar-refractivity contribution in [3.05, 3.63) is 24.3 Å². The van der Waals surface area contributed by atoms with E-state index in [0.29, 0.717) is 24.7 Å². The van der Waals surface area contributed by atoms with Gasteiger partial charge < -0.3 is 10.1 Å². The third-order valence-electron chi connectivity index (χ3n) is 3.49. The average molecular weight is 298 g/mol. The molecule has 1 aliphatic rings. The van der Waals surface area contributed by atoms with Crippen LogP contribution in [0.5, 0.6) is 0 Å². The van der Waals surface area contributed by atoms with Gasteiger partial charge in [-0.25, -0.2) is 8.42 Å². The number of rotatable bonds is 5. The van der Waals surface area contributed by atoms with E-state index >= 15 is 0 Å². The first-order chi connectivity index (χ1) is 9.59. The smallest absolute Gasteiger partial charge is 0.243 e. The summed E-state index contributed by atoms with van der Waals surface area (Å²) in [5.41, 5.74) is 0.931. The van der Waals surface area contributed by atoms with E-state index in [4.69, 9.17) is 4.74 Å². The molecule has 1 saturated heterocycles. The number of ether oxygens (including phenoxy) is 1. The minimum Gasteiger partial charge on any atom is -0.385 e. The van der Waals surface area contributed by atoms with Crippen molar-refractivity contribution in [3.8, 4) is 0 Å². The number of nitrogens with one attached hydrogen (secondary N) is 1. The summed E-state index contributed by atoms with van der Waals surface area (Å²) in [6.45, 7) is 6.17. The molecule has 0 amide bonds. The normalized spacial score (nSPS) is 20.8. The summed E-state index contributed by atoms with van der Waals surface area (Å²) in [5.74, 6) is 0. The summed E-state index contributed by atoms with van der Waals surface area (Å²) in [6.07, 6.45) is 0.759. The Kier molecular flexibility index (Phi) is 5.01. The lowest BCUT2D eigenvalue weighted by molar-refractivity contribution is 0.0314. The molecule has 20 heavy (non-hydrogen) atoms. The van der Waals surface area contributed by atoms with Crippen LogP contribution in [0.1, 0.15) is 20.3 Å². The van der Waals surface area contributed by atoms with Gasteiger partial charge in [0, 0.05) is 24.8 Å². The minimum atomic E-state index is -3.43. The molecular weight excluding hydrogens is 276 g/mol. The quantitative estimate of drug-likeness (QED) is 0.902. The van der Waals surface area contributed by atoms with Crippen LogP contribution in [-0.4, -0.2) is 45.1 Å². The second-order valence-electron chi connectivity index (χ2n) is 4.81. The number of hydrogen-bond donors (Lipinski definition) is 1. The lowest BCUT2D eigenvalue weighted by Crippen LogP contribution is -2.48. The van der Waals surface area contributed by atoms with Crippen molar-refractivity contribution in [2.45, 2.75) is 31.2 Å². The fraction of sp³-hybridized carbons (Fsp3) is 0.571. The van der Waals surface area contributed by atoms with E-state index in [0.717, 1.165) is 18.7 Å². The number of nitrogens with zero attached hydrogens (tertiary/aromatic N) is 1. The summed E-state index contributed by atoms with van der Waals surface area (Å²) in [7, 11) is -3.43. The molecule has 0 spiro atoms. The van der Waals surface area contributed by atoms with Crippen LogP contribution in [0.15, 0.2) is 29.2 Å². The zero-order valence-electron chi connectivity index (χ0n) is 12.0. The largest absolute Gasteiger partial charge is 0.385 e. The van der Waals surface area contributed by atoms with Gasteiger partial charge in [0.05, 0.1) is 18.1 Å². The van der Waals surface area contributed by atoms with Crippen molar-refractivity contribution in [3.63, 3.8) is 0 Å². The van der Waals surface area contributed by atoms with Gasteiger partial charge in [0.1, 0.15) is 0 Å². The maximum absolute atomic E-state index is 12.7. The first kappa shape index (κ1) is 15.3. The van der Waals surface area contributed by atoms with Crippen LogP contribution in [-0.2, 0) is 14.8 Å². The van der Waals surface area contributed by atoms with Gasteiger partial charge >= 0.3 is 0 Å². The highest BCUT2D eigenvalue weighted by molar-refractivity contribution is 7.89. The molecule has 1 aromatic carbocycles. The molecule has 1 heterocycles. The van der Waals surface area contributed by atoms with Gasteiger partial charge in [0.2, 0.25) is 10.0 Å². The highest BCUT2D eigenvalue weighted by atomic mass is 32.2. The summed E-state index contributed by atoms with van der Waals surface area (Å²) < 4.78 is 32.3. The van der Waals surface area contributed by atoms with Gasteiger partial charge in [0.25, 0.3) is 0 Å². The SMILES string of the molecule is CCNc1ccc(S(=O)(=O)N2CCOCC2CC)cc1. The Morgan fingerprint density at radius 3 is 2.60 bits per heavy atom. The van der Waals surface area contributed by atoms with Crippen LogP contribution in [0, 0.1) is 0 Å². The molecule has 112 valence electrons. The van der Waals surface area contributed by atoms with E-state index < -0.39 is 10.0 Å². The molecule has 0 aliphatic carbocycles. The fourth-order valence-corrected chi connectivity index (χ4v) is 4.03. The molecule has 1 N–H and O–H groups in total. The van der Waals surface area contributed by atoms with E-state index in [1.165, 1.54) is 0 Å². The summed E-state index contributed by atoms with van der Waals surface area (Å²) in [5, 5.41) is 3.16. The van der Waals surface area contributed by atoms with Crippen LogP contribution in [0.4, 0.5) is 5.69 Å². The van der Waals surface area contributed by atoms with E-state index in [9.17, 15) is 8.42 Å². The topological polar surface area (TPSA) is 58.6 Å². The lowest BCUT2D eigenvalue weighted by Gasteiger charge is -2.34. The third kappa shape index (κ3) is 3.13. The van der Waals surface area contributed by atoms with Crippen LogP contribution < -0.4 is 5.32 Å². The van der Waals surface area contributed by atoms with E-state index in [1.54, 1.807) is 28.6 Å². The number of anilines is 1. The standard InChI is InChI=1S/C14H22N2O3S/c1-3-13-11-19-10-9-16(13)20(17,18)14-7-5-12(6-8-14)15-4-2/h5-8,13,15H,3-4,9-11H2,1-2H3. The monoisotopic (exact) mass is 298 g/mol. The summed E-state index contributed by atoms with van der Waals surface area (Å²) >= 11 is 0. The van der Waals surface area contributed by atoms with Crippen molar-refractivity contribution in [2.75, 3.05) is 31.6 Å². The predicted octanol–water partition coefficient (Wildman–Crippen LogP) is 1.92. The van der Waals surface area contributed by atoms with Gasteiger partial charge in [-0.2, -0.15) is 4.31 Å². The van der Waals surface area contributed by atoms with Crippen molar-refractivity contribution < 1.29 is 13.2 Å². The Hall–Kier alpha value is -1.11. The van der Waals surface area contributed by atoms with Gasteiger partial charge in [-0.1, -0.05) is 6.92 Å². The molecule has 0 saturated carbocycles. The summed E-state index contributed by atoms with van der Waals surface area (Å²) in [4.78, 5) is 0.347. The average Bonchev–Trinajstić information content (AvgIpc) is 2.48. The molecule has 6 heteroatoms. The van der Waals surface area contributed by atoms with Gasteiger partial charge in [-0.3, -0.25) is 0 Å². The zero-order valence-corrected chi connectivity index (χ0v) is 12.8. The summed E-state index contributed by atoms with van der Waals surface area (Å²) in [6, 6.07) is 6.86. The second kappa shape index (κ2) is 6.56. The number of sulfonamides is 1. The molecule has 1 aromatic rings. The molecule has 5 nitrogen and oxygen atoms in total. The van der Waals surface area contributed by atoms with Crippen LogP contribution >= 0.6 is 0 Å². The molecule has 1 aliphatic heterocycles. The Morgan fingerprint density at radius 1 is 1.30 bits per heavy atom. The van der Waals surface area contributed by atoms with Crippen molar-refractivity contribution in [1.29, 1.82) is 0 Å². The zero-order chi connectivity index (χ0) is 14.6. The van der Waals surface area contributed by atoms with Crippen LogP contribution in [0.3, 0.4) is 0 Å². The number of morpholine rings is 1. The van der Waals surface area contributed by atoms with E-state index in [2.05, 4.69) is 5.32 Å². The van der Waals surface area contributed by atoms with E-state index in [1.807, 2.05) is 13.8 Å². The maximum atomic E-state index is 12.7. The van der Waals surface area contributed by atoms with Crippen molar-refractivity contribution in [1.82, 2.24) is 4.31 Å². The first-order valence-electron chi connectivity index (χ1n) is 7.03. The van der Waals surface area contributed by atoms with Gasteiger partial charge in [0.15, 0.2) is 0 Å². The van der Waals surface area contributed by atoms with Gasteiger partial charge in [-0.05, 0) is 37.6 Å². The van der Waals surface area contributed by atoms with E-state index in [-0.39, 0.29) is 6.04 Å². The van der Waals surface area contributed by atoms with Crippen molar-refractivity contribution in [2.24, 2.45) is 0 Å². The fourth-order valence-electron chi connectivity index (χ4n) is 2.36. The molecule has 0 bridgehead atoms. The number of hydrogen-bond acceptors (Lipinski definition) is 4.